The largest absolute Gasteiger partial charge is 0.452 e. The number of nitrogens with one attached hydrogen (secondary N) is 2. The molecule has 1 aliphatic rings. The van der Waals surface area contributed by atoms with E-state index >= 15 is 0 Å². The number of thiophene rings is 1. The number of rotatable bonds is 5. The second-order valence-corrected chi connectivity index (χ2v) is 8.26. The molecule has 4 N–H and O–H groups in total. The van der Waals surface area contributed by atoms with Crippen LogP contribution in [0.2, 0.25) is 0 Å². The molecule has 2 heterocycles. The monoisotopic (exact) mass is 411 g/mol. The molecule has 2 amide bonds. The molecular formula is C21H21N3O4S. The number of aromatic amines is 1. The first kappa shape index (κ1) is 19.2. The van der Waals surface area contributed by atoms with Crippen molar-refractivity contribution in [2.45, 2.75) is 26.2 Å². The van der Waals surface area contributed by atoms with Crippen LogP contribution in [0.3, 0.4) is 0 Å². The SMILES string of the molecule is C[C@H]1CCc2[nH]c3ccc(C(=O)OCC(=O)Nc4sccc4C(N)=O)cc3c2C1. The van der Waals surface area contributed by atoms with Gasteiger partial charge < -0.3 is 20.8 Å². The minimum absolute atomic E-state index is 0.228. The van der Waals surface area contributed by atoms with Crippen molar-refractivity contribution in [2.24, 2.45) is 11.7 Å². The predicted molar refractivity (Wildman–Crippen MR) is 111 cm³/mol. The van der Waals surface area contributed by atoms with Crippen LogP contribution in [0.5, 0.6) is 0 Å². The van der Waals surface area contributed by atoms with E-state index in [-0.39, 0.29) is 5.56 Å². The molecule has 0 unspecified atom stereocenters. The van der Waals surface area contributed by atoms with Crippen molar-refractivity contribution in [3.8, 4) is 0 Å². The Morgan fingerprint density at radius 1 is 1.31 bits per heavy atom. The van der Waals surface area contributed by atoms with Gasteiger partial charge in [-0.05, 0) is 60.4 Å². The third-order valence-electron chi connectivity index (χ3n) is 5.19. The number of aromatic nitrogens is 1. The Balaban J connectivity index is 1.44. The number of esters is 1. The molecule has 0 fully saturated rings. The number of aryl methyl sites for hydroxylation is 1. The van der Waals surface area contributed by atoms with E-state index in [0.717, 1.165) is 30.2 Å². The number of nitrogens with two attached hydrogens (primary N) is 1. The van der Waals surface area contributed by atoms with E-state index in [0.29, 0.717) is 16.5 Å². The summed E-state index contributed by atoms with van der Waals surface area (Å²) >= 11 is 1.18. The first-order valence-corrected chi connectivity index (χ1v) is 10.3. The van der Waals surface area contributed by atoms with Gasteiger partial charge in [-0.3, -0.25) is 9.59 Å². The van der Waals surface area contributed by atoms with Gasteiger partial charge in [0.1, 0.15) is 5.00 Å². The van der Waals surface area contributed by atoms with Gasteiger partial charge in [0, 0.05) is 16.6 Å². The maximum absolute atomic E-state index is 12.4. The van der Waals surface area contributed by atoms with Crippen LogP contribution in [0.1, 0.15) is 45.3 Å². The Kier molecular flexibility index (Phi) is 5.10. The van der Waals surface area contributed by atoms with Crippen molar-refractivity contribution in [2.75, 3.05) is 11.9 Å². The molecule has 29 heavy (non-hydrogen) atoms. The molecule has 8 heteroatoms. The molecule has 3 aromatic rings. The first-order valence-electron chi connectivity index (χ1n) is 9.40. The van der Waals surface area contributed by atoms with Gasteiger partial charge in [0.25, 0.3) is 11.8 Å². The van der Waals surface area contributed by atoms with E-state index in [9.17, 15) is 14.4 Å². The molecule has 0 spiro atoms. The van der Waals surface area contributed by atoms with E-state index in [4.69, 9.17) is 10.5 Å². The number of carbonyl (C=O) groups is 3. The summed E-state index contributed by atoms with van der Waals surface area (Å²) in [5.74, 6) is -1.11. The van der Waals surface area contributed by atoms with Crippen molar-refractivity contribution >= 4 is 45.0 Å². The third kappa shape index (κ3) is 3.88. The second-order valence-electron chi connectivity index (χ2n) is 7.34. The number of ether oxygens (including phenoxy) is 1. The number of hydrogen-bond acceptors (Lipinski definition) is 5. The fraction of sp³-hybridized carbons (Fsp3) is 0.286. The van der Waals surface area contributed by atoms with Crippen LogP contribution in [-0.2, 0) is 22.4 Å². The lowest BCUT2D eigenvalue weighted by Crippen LogP contribution is -2.22. The average molecular weight is 411 g/mol. The Morgan fingerprint density at radius 3 is 2.93 bits per heavy atom. The molecule has 1 atom stereocenters. The number of fused-ring (bicyclic) bond motifs is 3. The lowest BCUT2D eigenvalue weighted by Gasteiger charge is -2.18. The number of benzene rings is 1. The van der Waals surface area contributed by atoms with Gasteiger partial charge >= 0.3 is 5.97 Å². The number of amides is 2. The highest BCUT2D eigenvalue weighted by Gasteiger charge is 2.21. The normalized spacial score (nSPS) is 15.7. The van der Waals surface area contributed by atoms with Crippen LogP contribution in [0.4, 0.5) is 5.00 Å². The molecule has 0 radical (unpaired) electrons. The Bertz CT molecular complexity index is 1110. The highest BCUT2D eigenvalue weighted by molar-refractivity contribution is 7.14. The molecule has 150 valence electrons. The van der Waals surface area contributed by atoms with Crippen LogP contribution < -0.4 is 11.1 Å². The summed E-state index contributed by atoms with van der Waals surface area (Å²) in [6.45, 7) is 1.78. The Hall–Kier alpha value is -3.13. The summed E-state index contributed by atoms with van der Waals surface area (Å²) in [6.07, 6.45) is 3.16. The molecule has 0 saturated carbocycles. The van der Waals surface area contributed by atoms with Gasteiger partial charge in [-0.2, -0.15) is 0 Å². The maximum atomic E-state index is 12.4. The summed E-state index contributed by atoms with van der Waals surface area (Å²) < 4.78 is 5.16. The van der Waals surface area contributed by atoms with E-state index < -0.39 is 24.4 Å². The molecule has 0 aliphatic heterocycles. The number of primary amides is 1. The van der Waals surface area contributed by atoms with Crippen molar-refractivity contribution in [1.82, 2.24) is 4.98 Å². The van der Waals surface area contributed by atoms with Gasteiger partial charge in [0.2, 0.25) is 0 Å². The third-order valence-corrected chi connectivity index (χ3v) is 6.02. The van der Waals surface area contributed by atoms with Gasteiger partial charge in [0.05, 0.1) is 11.1 Å². The molecule has 1 aliphatic carbocycles. The quantitative estimate of drug-likeness (QED) is 0.559. The summed E-state index contributed by atoms with van der Waals surface area (Å²) in [5, 5.41) is 5.57. The summed E-state index contributed by atoms with van der Waals surface area (Å²) in [7, 11) is 0. The van der Waals surface area contributed by atoms with Gasteiger partial charge in [0.15, 0.2) is 6.61 Å². The van der Waals surface area contributed by atoms with Gasteiger partial charge in [-0.1, -0.05) is 6.92 Å². The zero-order chi connectivity index (χ0) is 20.5. The smallest absolute Gasteiger partial charge is 0.338 e. The standard InChI is InChI=1S/C21H21N3O4S/c1-11-2-4-16-14(8-11)15-9-12(3-5-17(15)23-16)21(27)28-10-18(25)24-20-13(19(22)26)6-7-29-20/h3,5-7,9,11,23H,2,4,8,10H2,1H3,(H2,22,26)(H,24,25)/t11-/m0/s1. The Labute approximate surface area is 171 Å². The summed E-state index contributed by atoms with van der Waals surface area (Å²) in [4.78, 5) is 39.3. The maximum Gasteiger partial charge on any atom is 0.338 e. The average Bonchev–Trinajstić information content (AvgIpc) is 3.30. The van der Waals surface area contributed by atoms with Gasteiger partial charge in [-0.25, -0.2) is 4.79 Å². The van der Waals surface area contributed by atoms with E-state index in [2.05, 4.69) is 17.2 Å². The lowest BCUT2D eigenvalue weighted by molar-refractivity contribution is -0.119. The zero-order valence-corrected chi connectivity index (χ0v) is 16.7. The van der Waals surface area contributed by atoms with Crippen molar-refractivity contribution in [1.29, 1.82) is 0 Å². The van der Waals surface area contributed by atoms with Crippen molar-refractivity contribution in [3.05, 3.63) is 52.0 Å². The van der Waals surface area contributed by atoms with Crippen molar-refractivity contribution in [3.63, 3.8) is 0 Å². The van der Waals surface area contributed by atoms with Crippen LogP contribution >= 0.6 is 11.3 Å². The molecule has 0 bridgehead atoms. The number of hydrogen-bond donors (Lipinski definition) is 3. The number of carbonyl (C=O) groups excluding carboxylic acids is 3. The first-order chi connectivity index (χ1) is 13.9. The summed E-state index contributed by atoms with van der Waals surface area (Å²) in [5.41, 5.74) is 9.40. The summed E-state index contributed by atoms with van der Waals surface area (Å²) in [6, 6.07) is 6.92. The molecule has 1 aromatic carbocycles. The number of H-pyrrole nitrogens is 1. The molecule has 7 nitrogen and oxygen atoms in total. The molecule has 2 aromatic heterocycles. The van der Waals surface area contributed by atoms with E-state index in [1.165, 1.54) is 28.7 Å². The number of anilines is 1. The predicted octanol–water partition coefficient (Wildman–Crippen LogP) is 3.25. The van der Waals surface area contributed by atoms with Crippen LogP contribution in [-0.4, -0.2) is 29.4 Å². The van der Waals surface area contributed by atoms with Gasteiger partial charge in [-0.15, -0.1) is 11.3 Å². The highest BCUT2D eigenvalue weighted by atomic mass is 32.1. The fourth-order valence-electron chi connectivity index (χ4n) is 3.70. The minimum Gasteiger partial charge on any atom is -0.452 e. The van der Waals surface area contributed by atoms with E-state index in [1.54, 1.807) is 11.4 Å². The van der Waals surface area contributed by atoms with Crippen LogP contribution in [0, 0.1) is 5.92 Å². The molecule has 4 rings (SSSR count). The Morgan fingerprint density at radius 2 is 2.14 bits per heavy atom. The fourth-order valence-corrected chi connectivity index (χ4v) is 4.50. The van der Waals surface area contributed by atoms with Crippen LogP contribution in [0.25, 0.3) is 10.9 Å². The highest BCUT2D eigenvalue weighted by Crippen LogP contribution is 2.32. The molecule has 0 saturated heterocycles. The minimum atomic E-state index is -0.629. The second kappa shape index (κ2) is 7.71. The zero-order valence-electron chi connectivity index (χ0n) is 15.9. The van der Waals surface area contributed by atoms with Crippen molar-refractivity contribution < 1.29 is 19.1 Å². The lowest BCUT2D eigenvalue weighted by atomic mass is 9.87. The topological polar surface area (TPSA) is 114 Å². The van der Waals surface area contributed by atoms with Crippen LogP contribution in [0.15, 0.2) is 29.6 Å². The van der Waals surface area contributed by atoms with E-state index in [1.807, 2.05) is 12.1 Å². The molecular weight excluding hydrogens is 390 g/mol.